The van der Waals surface area contributed by atoms with Gasteiger partial charge in [0.2, 0.25) is 0 Å². The van der Waals surface area contributed by atoms with Crippen LogP contribution in [0.3, 0.4) is 0 Å². The van der Waals surface area contributed by atoms with E-state index in [0.29, 0.717) is 35.8 Å². The van der Waals surface area contributed by atoms with Gasteiger partial charge in [-0.2, -0.15) is 0 Å². The van der Waals surface area contributed by atoms with Crippen LogP contribution < -0.4 is 100.0 Å². The maximum absolute atomic E-state index is 11.1. The van der Waals surface area contributed by atoms with E-state index in [0.717, 1.165) is 79.3 Å². The summed E-state index contributed by atoms with van der Waals surface area (Å²) < 4.78 is 35.9. The molecule has 82 heavy (non-hydrogen) atoms. The van der Waals surface area contributed by atoms with Gasteiger partial charge >= 0.3 is 98.1 Å². The van der Waals surface area contributed by atoms with Crippen molar-refractivity contribution in [3.8, 4) is 46.0 Å². The van der Waals surface area contributed by atoms with Crippen molar-refractivity contribution in [3.05, 3.63) is 71.6 Å². The van der Waals surface area contributed by atoms with Crippen LogP contribution in [0.5, 0.6) is 46.0 Å². The number of rotatable bonds is 0. The predicted molar refractivity (Wildman–Crippen MR) is 345 cm³/mol. The van der Waals surface area contributed by atoms with Crippen molar-refractivity contribution in [3.63, 3.8) is 0 Å². The molecule has 0 aliphatic carbocycles. The molecule has 0 atom stereocenters. The molecule has 0 saturated carbocycles. The van der Waals surface area contributed by atoms with Gasteiger partial charge in [-0.1, -0.05) is 127 Å². The Bertz CT molecular complexity index is 1630. The van der Waals surface area contributed by atoms with Gasteiger partial charge in [-0.3, -0.25) is 0 Å². The van der Waals surface area contributed by atoms with E-state index in [9.17, 15) is 40.9 Å². The molecule has 0 aromatic heterocycles. The largest absolute Gasteiger partial charge is 3.00 e. The number of halogens is 16. The molecule has 6 aliphatic rings. The van der Waals surface area contributed by atoms with Gasteiger partial charge < -0.3 is 69.3 Å². The smallest absolute Gasteiger partial charge is 0.872 e. The first-order chi connectivity index (χ1) is 36.9. The van der Waals surface area contributed by atoms with Crippen LogP contribution in [0.2, 0.25) is 0 Å². The van der Waals surface area contributed by atoms with E-state index in [4.69, 9.17) is 28.4 Å². The topological polar surface area (TPSA) is 240 Å². The van der Waals surface area contributed by atoms with Crippen LogP contribution in [0.4, 0.5) is 0 Å². The zero-order valence-electron chi connectivity index (χ0n) is 43.4. The minimum atomic E-state index is -0.558. The van der Waals surface area contributed by atoms with Crippen LogP contribution in [0.25, 0.3) is 0 Å². The number of benzene rings is 4. The van der Waals surface area contributed by atoms with Gasteiger partial charge in [0.25, 0.3) is 0 Å². The van der Waals surface area contributed by atoms with Crippen molar-refractivity contribution in [1.82, 2.24) is 0 Å². The van der Waals surface area contributed by atoms with Gasteiger partial charge in [-0.15, -0.1) is 46.0 Å². The van der Waals surface area contributed by atoms with Gasteiger partial charge in [-0.05, 0) is 204 Å². The van der Waals surface area contributed by atoms with Crippen LogP contribution in [-0.4, -0.2) is 79.3 Å². The SMILES string of the molecule is C1CCOC1.C1CCOC1.C1CCOC1.C1CCOC1.C1CCOC1.C1CCOC1.[Na+].[Na+].[O-]c1c([O-])c(Br)c(Br)c(Br)c1Br.[O-]c1c([O-])c(Br)c(Br)c(Br)c1Br.[O-]c1c([O-])c(Br)c(Br)c(Br)c1Br.[O-]c1c([O-])c(Br)c(Br)c(Br)c1Br.[Ru+3].[Ru+3]. The Kier molecular flexibility index (Phi) is 63.4. The second-order valence-corrected chi connectivity index (χ2v) is 28.3. The Morgan fingerprint density at radius 1 is 0.171 bits per heavy atom. The molecule has 0 amide bonds. The fourth-order valence-electron chi connectivity index (χ4n) is 5.43. The molecule has 454 valence electrons. The van der Waals surface area contributed by atoms with Crippen molar-refractivity contribution in [1.29, 1.82) is 0 Å². The maximum Gasteiger partial charge on any atom is 3.00 e. The molecule has 10 rings (SSSR count). The van der Waals surface area contributed by atoms with Crippen molar-refractivity contribution in [2.75, 3.05) is 79.3 Å². The van der Waals surface area contributed by atoms with E-state index >= 15 is 0 Å². The molecular weight excluding hydrogens is 2330 g/mol. The molecule has 4 aromatic carbocycles. The normalized spacial score (nSPS) is 14.8. The van der Waals surface area contributed by atoms with Gasteiger partial charge in [0.1, 0.15) is 0 Å². The summed E-state index contributed by atoms with van der Waals surface area (Å²) in [5.74, 6) is -4.47. The van der Waals surface area contributed by atoms with Crippen molar-refractivity contribution < 1.29 is 167 Å². The monoisotopic (exact) mass is 2360 g/mol. The molecule has 14 nitrogen and oxygen atoms in total. The first-order valence-corrected chi connectivity index (χ1v) is 35.8. The van der Waals surface area contributed by atoms with Crippen molar-refractivity contribution in [2.45, 2.75) is 77.0 Å². The molecule has 0 bridgehead atoms. The zero-order chi connectivity index (χ0) is 59.1. The second kappa shape index (κ2) is 55.1. The van der Waals surface area contributed by atoms with Gasteiger partial charge in [0.05, 0.1) is 0 Å². The Hall–Kier alpha value is 5.97. The standard InChI is InChI=1S/4C6H2Br4O2.6C4H8O.2Na.2Ru/c4*7-1-2(8)4(10)6(12)5(11)3(1)9;6*1-2-4-5-3-1;;;;/h4*11-12H;6*1-4H2;;;;/q;;;;;;;;;;2*+1;2*+3/p-8. The molecule has 6 heterocycles. The minimum absolute atomic E-state index is 0. The average molecular weight is 2380 g/mol. The summed E-state index contributed by atoms with van der Waals surface area (Å²) in [5.41, 5.74) is 0. The van der Waals surface area contributed by atoms with Crippen LogP contribution in [-0.2, 0) is 67.4 Å². The third-order valence-electron chi connectivity index (χ3n) is 9.70. The van der Waals surface area contributed by atoms with E-state index in [-0.39, 0.29) is 134 Å². The summed E-state index contributed by atoms with van der Waals surface area (Å²) in [7, 11) is 0. The Morgan fingerprint density at radius 3 is 0.293 bits per heavy atom. The van der Waals surface area contributed by atoms with E-state index in [2.05, 4.69) is 255 Å². The molecule has 0 spiro atoms. The third kappa shape index (κ3) is 35.6. The maximum atomic E-state index is 11.1. The summed E-state index contributed by atoms with van der Waals surface area (Å²) in [4.78, 5) is 0. The molecule has 6 saturated heterocycles. The van der Waals surface area contributed by atoms with Gasteiger partial charge in [-0.25, -0.2) is 0 Å². The summed E-state index contributed by atoms with van der Waals surface area (Å²) in [6.07, 6.45) is 15.3. The summed E-state index contributed by atoms with van der Waals surface area (Å²) in [6.45, 7) is 12.0. The Balaban J connectivity index is -0.000000419. The second-order valence-electron chi connectivity index (χ2n) is 15.6. The molecule has 34 heteroatoms. The fourth-order valence-corrected chi connectivity index (χ4v) is 13.6. The molecule has 6 fully saturated rings. The van der Waals surface area contributed by atoms with E-state index < -0.39 is 46.0 Å². The van der Waals surface area contributed by atoms with Gasteiger partial charge in [0, 0.05) is 151 Å². The van der Waals surface area contributed by atoms with Crippen LogP contribution in [0, 0.1) is 0 Å². The average Bonchev–Trinajstić information content (AvgIpc) is 4.31. The van der Waals surface area contributed by atoms with Crippen LogP contribution in [0.1, 0.15) is 77.0 Å². The summed E-state index contributed by atoms with van der Waals surface area (Å²) in [6, 6.07) is 0. The molecule has 6 aliphatic heterocycles. The van der Waals surface area contributed by atoms with Crippen LogP contribution in [0.15, 0.2) is 71.6 Å². The first kappa shape index (κ1) is 94.4. The third-order valence-corrected chi connectivity index (χ3v) is 28.5. The molecule has 4 aromatic rings. The predicted octanol–water partition coefficient (Wildman–Crippen LogP) is 10.3. The fraction of sp³-hybridized carbons (Fsp3) is 0.500. The Morgan fingerprint density at radius 2 is 0.244 bits per heavy atom. The number of hydrogen-bond acceptors (Lipinski definition) is 14. The van der Waals surface area contributed by atoms with E-state index in [1.54, 1.807) is 0 Å². The minimum Gasteiger partial charge on any atom is -0.872 e. The summed E-state index contributed by atoms with van der Waals surface area (Å²) in [5, 5.41) is 89.0. The summed E-state index contributed by atoms with van der Waals surface area (Å²) >= 11 is 49.3. The molecule has 0 N–H and O–H groups in total. The number of hydrogen-bond donors (Lipinski definition) is 0. The number of ether oxygens (including phenoxy) is 6. The van der Waals surface area contributed by atoms with Crippen molar-refractivity contribution in [2.24, 2.45) is 0 Å². The van der Waals surface area contributed by atoms with E-state index in [1.807, 2.05) is 0 Å². The van der Waals surface area contributed by atoms with Gasteiger partial charge in [0.15, 0.2) is 0 Å². The molecule has 0 unspecified atom stereocenters. The molecular formula is C48H48Br16Na2O14Ru2. The van der Waals surface area contributed by atoms with Crippen molar-refractivity contribution >= 4 is 255 Å². The molecule has 2 radical (unpaired) electrons. The zero-order valence-corrected chi connectivity index (χ0v) is 76.3. The Labute approximate surface area is 684 Å². The quantitative estimate of drug-likeness (QED) is 0.0904. The van der Waals surface area contributed by atoms with E-state index in [1.165, 1.54) is 77.0 Å². The van der Waals surface area contributed by atoms with Crippen LogP contribution >= 0.6 is 255 Å². The first-order valence-electron chi connectivity index (χ1n) is 23.1.